The summed E-state index contributed by atoms with van der Waals surface area (Å²) in [5.74, 6) is 0. The summed E-state index contributed by atoms with van der Waals surface area (Å²) in [4.78, 5) is 15.8. The van der Waals surface area contributed by atoms with Crippen LogP contribution in [0.1, 0.15) is 42.4 Å². The van der Waals surface area contributed by atoms with Crippen molar-refractivity contribution in [3.8, 4) is 0 Å². The fraction of sp³-hybridized carbons (Fsp3) is 0.357. The number of carbonyl (C=O) groups excluding carboxylic acids is 1. The van der Waals surface area contributed by atoms with E-state index in [-0.39, 0.29) is 0 Å². The molecule has 0 amide bonds. The third kappa shape index (κ3) is 2.87. The normalized spacial score (nSPS) is 12.8. The van der Waals surface area contributed by atoms with Crippen molar-refractivity contribution in [1.29, 1.82) is 0 Å². The molecule has 1 aromatic heterocycles. The molecular formula is C14H20N2O. The molecule has 3 heteroatoms. The molecule has 0 aromatic carbocycles. The van der Waals surface area contributed by atoms with Crippen molar-refractivity contribution < 1.29 is 4.79 Å². The lowest BCUT2D eigenvalue weighted by Gasteiger charge is -2.16. The van der Waals surface area contributed by atoms with Crippen LogP contribution in [-0.4, -0.2) is 23.2 Å². The zero-order valence-electron chi connectivity index (χ0n) is 11.2. The van der Waals surface area contributed by atoms with Gasteiger partial charge < -0.3 is 9.88 Å². The molecule has 17 heavy (non-hydrogen) atoms. The first-order valence-electron chi connectivity index (χ1n) is 5.69. The Balaban J connectivity index is 3.03. The Morgan fingerprint density at radius 1 is 1.41 bits per heavy atom. The minimum atomic E-state index is 0.651. The topological polar surface area (TPSA) is 36.1 Å². The van der Waals surface area contributed by atoms with Crippen molar-refractivity contribution in [2.75, 3.05) is 7.05 Å². The quantitative estimate of drug-likeness (QED) is 0.808. The van der Waals surface area contributed by atoms with E-state index in [9.17, 15) is 4.79 Å². The second-order valence-electron chi connectivity index (χ2n) is 4.21. The van der Waals surface area contributed by atoms with Crippen molar-refractivity contribution in [2.24, 2.45) is 0 Å². The van der Waals surface area contributed by atoms with Gasteiger partial charge in [0.05, 0.1) is 5.69 Å². The Kier molecular flexibility index (Phi) is 4.32. The molecule has 92 valence electrons. The highest BCUT2D eigenvalue weighted by atomic mass is 16.1. The molecule has 0 aliphatic carbocycles. The van der Waals surface area contributed by atoms with Gasteiger partial charge in [-0.3, -0.25) is 4.79 Å². The maximum atomic E-state index is 10.8. The van der Waals surface area contributed by atoms with Crippen LogP contribution in [0.3, 0.4) is 0 Å². The first-order chi connectivity index (χ1) is 8.01. The average Bonchev–Trinajstić information content (AvgIpc) is 2.69. The maximum absolute atomic E-state index is 10.8. The van der Waals surface area contributed by atoms with E-state index in [2.05, 4.69) is 29.1 Å². The summed E-state index contributed by atoms with van der Waals surface area (Å²) in [5.41, 5.74) is 5.06. The molecule has 1 rings (SSSR count). The highest BCUT2D eigenvalue weighted by Crippen LogP contribution is 2.21. The van der Waals surface area contributed by atoms with Crippen LogP contribution in [0, 0.1) is 6.92 Å². The zero-order valence-corrected chi connectivity index (χ0v) is 11.2. The van der Waals surface area contributed by atoms with Gasteiger partial charge in [-0.25, -0.2) is 0 Å². The Hall–Kier alpha value is -1.77. The average molecular weight is 232 g/mol. The smallest absolute Gasteiger partial charge is 0.166 e. The van der Waals surface area contributed by atoms with Crippen molar-refractivity contribution in [3.63, 3.8) is 0 Å². The number of hydrogen-bond donors (Lipinski definition) is 1. The number of aldehydes is 1. The van der Waals surface area contributed by atoms with E-state index in [4.69, 9.17) is 0 Å². The molecule has 1 heterocycles. The second kappa shape index (κ2) is 5.53. The standard InChI is InChI=1S/C14H20N2O/c1-6-11(3)16(5)8-10(2)13-7-15-14(9-17)12(13)4/h6-9,15H,1-5H3/b10-8+,11-6-. The lowest BCUT2D eigenvalue weighted by molar-refractivity contribution is 0.111. The minimum Gasteiger partial charge on any atom is -0.358 e. The van der Waals surface area contributed by atoms with Crippen molar-refractivity contribution >= 4 is 11.9 Å². The number of nitrogens with one attached hydrogen (secondary N) is 1. The Bertz CT molecular complexity index is 467. The first kappa shape index (κ1) is 13.3. The molecule has 0 unspecified atom stereocenters. The van der Waals surface area contributed by atoms with Crippen LogP contribution in [0.4, 0.5) is 0 Å². The molecule has 1 aromatic rings. The van der Waals surface area contributed by atoms with Crippen LogP contribution in [-0.2, 0) is 0 Å². The van der Waals surface area contributed by atoms with E-state index < -0.39 is 0 Å². The second-order valence-corrected chi connectivity index (χ2v) is 4.21. The monoisotopic (exact) mass is 232 g/mol. The lowest BCUT2D eigenvalue weighted by Crippen LogP contribution is -2.07. The van der Waals surface area contributed by atoms with Crippen LogP contribution in [0.2, 0.25) is 0 Å². The van der Waals surface area contributed by atoms with Crippen LogP contribution >= 0.6 is 0 Å². The zero-order chi connectivity index (χ0) is 13.0. The number of aromatic nitrogens is 1. The van der Waals surface area contributed by atoms with Gasteiger partial charge in [0.25, 0.3) is 0 Å². The van der Waals surface area contributed by atoms with Gasteiger partial charge in [0.2, 0.25) is 0 Å². The van der Waals surface area contributed by atoms with Crippen LogP contribution < -0.4 is 0 Å². The fourth-order valence-electron chi connectivity index (χ4n) is 1.71. The number of nitrogens with zero attached hydrogens (tertiary/aromatic N) is 1. The summed E-state index contributed by atoms with van der Waals surface area (Å²) in [6.07, 6.45) is 6.86. The minimum absolute atomic E-state index is 0.651. The third-order valence-electron chi connectivity index (χ3n) is 3.08. The highest BCUT2D eigenvalue weighted by molar-refractivity contribution is 5.79. The number of aromatic amines is 1. The number of carbonyl (C=O) groups is 1. The first-order valence-corrected chi connectivity index (χ1v) is 5.69. The molecule has 0 saturated carbocycles. The Morgan fingerprint density at radius 3 is 2.53 bits per heavy atom. The molecule has 0 aliphatic rings. The van der Waals surface area contributed by atoms with Gasteiger partial charge >= 0.3 is 0 Å². The molecule has 3 nitrogen and oxygen atoms in total. The molecule has 0 atom stereocenters. The number of hydrogen-bond acceptors (Lipinski definition) is 2. The predicted molar refractivity (Wildman–Crippen MR) is 71.8 cm³/mol. The predicted octanol–water partition coefficient (Wildman–Crippen LogP) is 3.35. The van der Waals surface area contributed by atoms with Gasteiger partial charge in [0.15, 0.2) is 6.29 Å². The van der Waals surface area contributed by atoms with Crippen molar-refractivity contribution in [3.05, 3.63) is 41.0 Å². The van der Waals surface area contributed by atoms with E-state index in [1.54, 1.807) is 0 Å². The van der Waals surface area contributed by atoms with Gasteiger partial charge in [-0.15, -0.1) is 0 Å². The number of H-pyrrole nitrogens is 1. The summed E-state index contributed by atoms with van der Waals surface area (Å²) in [6, 6.07) is 0. The number of allylic oxidation sites excluding steroid dienone is 3. The summed E-state index contributed by atoms with van der Waals surface area (Å²) < 4.78 is 0. The highest BCUT2D eigenvalue weighted by Gasteiger charge is 2.08. The SMILES string of the molecule is C/C=C(/C)N(C)/C=C(\C)c1c[nH]c(C=O)c1C. The van der Waals surface area contributed by atoms with E-state index in [0.29, 0.717) is 5.69 Å². The van der Waals surface area contributed by atoms with E-state index in [0.717, 1.165) is 23.0 Å². The van der Waals surface area contributed by atoms with E-state index >= 15 is 0 Å². The number of rotatable bonds is 4. The van der Waals surface area contributed by atoms with Crippen molar-refractivity contribution in [2.45, 2.75) is 27.7 Å². The third-order valence-corrected chi connectivity index (χ3v) is 3.08. The van der Waals surface area contributed by atoms with E-state index in [1.807, 2.05) is 34.0 Å². The molecule has 0 radical (unpaired) electrons. The summed E-state index contributed by atoms with van der Waals surface area (Å²) in [6.45, 7) is 8.07. The van der Waals surface area contributed by atoms with Gasteiger partial charge in [0, 0.05) is 25.1 Å². The summed E-state index contributed by atoms with van der Waals surface area (Å²) >= 11 is 0. The van der Waals surface area contributed by atoms with Gasteiger partial charge in [0.1, 0.15) is 0 Å². The summed E-state index contributed by atoms with van der Waals surface area (Å²) in [5, 5.41) is 0. The van der Waals surface area contributed by atoms with E-state index in [1.165, 1.54) is 5.70 Å². The van der Waals surface area contributed by atoms with Gasteiger partial charge in [-0.2, -0.15) is 0 Å². The molecule has 1 N–H and O–H groups in total. The molecule has 0 saturated heterocycles. The fourth-order valence-corrected chi connectivity index (χ4v) is 1.71. The maximum Gasteiger partial charge on any atom is 0.166 e. The molecular weight excluding hydrogens is 212 g/mol. The molecule has 0 spiro atoms. The van der Waals surface area contributed by atoms with Crippen LogP contribution in [0.15, 0.2) is 24.2 Å². The van der Waals surface area contributed by atoms with Gasteiger partial charge in [-0.1, -0.05) is 6.08 Å². The molecule has 0 bridgehead atoms. The molecule has 0 aliphatic heterocycles. The van der Waals surface area contributed by atoms with Crippen molar-refractivity contribution in [1.82, 2.24) is 9.88 Å². The largest absolute Gasteiger partial charge is 0.358 e. The van der Waals surface area contributed by atoms with Gasteiger partial charge in [-0.05, 0) is 44.4 Å². The molecule has 0 fully saturated rings. The Labute approximate surface area is 103 Å². The summed E-state index contributed by atoms with van der Waals surface area (Å²) in [7, 11) is 2.02. The lowest BCUT2D eigenvalue weighted by atomic mass is 10.1. The Morgan fingerprint density at radius 2 is 2.06 bits per heavy atom. The van der Waals surface area contributed by atoms with Crippen LogP contribution in [0.5, 0.6) is 0 Å². The van der Waals surface area contributed by atoms with Crippen LogP contribution in [0.25, 0.3) is 5.57 Å².